The molecule has 1 aliphatic carbocycles. The summed E-state index contributed by atoms with van der Waals surface area (Å²) in [5.41, 5.74) is 5.85. The molecule has 1 atom stereocenters. The molecule has 2 rings (SSSR count). The van der Waals surface area contributed by atoms with Crippen molar-refractivity contribution in [3.63, 3.8) is 0 Å². The highest BCUT2D eigenvalue weighted by atomic mass is 16.5. The second kappa shape index (κ2) is 7.76. The van der Waals surface area contributed by atoms with Crippen molar-refractivity contribution in [2.24, 2.45) is 16.6 Å². The average Bonchev–Trinajstić information content (AvgIpc) is 2.43. The zero-order valence-corrected chi connectivity index (χ0v) is 12.8. The fourth-order valence-corrected chi connectivity index (χ4v) is 2.17. The first kappa shape index (κ1) is 15.5. The third-order valence-electron chi connectivity index (χ3n) is 3.69. The van der Waals surface area contributed by atoms with Gasteiger partial charge in [0.15, 0.2) is 5.96 Å². The van der Waals surface area contributed by atoms with E-state index in [2.05, 4.69) is 10.3 Å². The second-order valence-corrected chi connectivity index (χ2v) is 5.51. The summed E-state index contributed by atoms with van der Waals surface area (Å²) in [6.45, 7) is 3.43. The van der Waals surface area contributed by atoms with Gasteiger partial charge in [-0.05, 0) is 37.8 Å². The standard InChI is InChI=1S/C16H25N3O2/c1-12(21-15-8-4-7-14(9-15)20-2)10-18-16(17)19-11-13-5-3-6-13/h4,7-9,12-13H,3,5-6,10-11H2,1-2H3,(H3,17,18,19). The average molecular weight is 291 g/mol. The molecule has 0 heterocycles. The third-order valence-corrected chi connectivity index (χ3v) is 3.69. The van der Waals surface area contributed by atoms with Crippen LogP contribution in [0.25, 0.3) is 0 Å². The number of hydrogen-bond donors (Lipinski definition) is 2. The van der Waals surface area contributed by atoms with Crippen molar-refractivity contribution in [3.8, 4) is 11.5 Å². The highest BCUT2D eigenvalue weighted by molar-refractivity contribution is 5.77. The van der Waals surface area contributed by atoms with Crippen molar-refractivity contribution in [3.05, 3.63) is 24.3 Å². The van der Waals surface area contributed by atoms with Crippen LogP contribution in [-0.2, 0) is 0 Å². The summed E-state index contributed by atoms with van der Waals surface area (Å²) in [5, 5.41) is 3.17. The van der Waals surface area contributed by atoms with Crippen molar-refractivity contribution in [2.75, 3.05) is 20.2 Å². The van der Waals surface area contributed by atoms with E-state index in [0.717, 1.165) is 24.0 Å². The molecule has 5 heteroatoms. The molecule has 0 saturated heterocycles. The molecule has 1 fully saturated rings. The molecule has 1 saturated carbocycles. The fraction of sp³-hybridized carbons (Fsp3) is 0.562. The highest BCUT2D eigenvalue weighted by Gasteiger charge is 2.16. The van der Waals surface area contributed by atoms with Gasteiger partial charge in [-0.3, -0.25) is 0 Å². The molecular weight excluding hydrogens is 266 g/mol. The maximum absolute atomic E-state index is 5.85. The molecule has 116 valence electrons. The SMILES string of the molecule is COc1cccc(OC(C)CN=C(N)NCC2CCC2)c1. The lowest BCUT2D eigenvalue weighted by atomic mass is 9.85. The zero-order valence-electron chi connectivity index (χ0n) is 12.8. The fourth-order valence-electron chi connectivity index (χ4n) is 2.17. The molecule has 1 aliphatic rings. The van der Waals surface area contributed by atoms with Crippen LogP contribution in [0.4, 0.5) is 0 Å². The molecule has 1 unspecified atom stereocenters. The number of guanidine groups is 1. The van der Waals surface area contributed by atoms with Crippen LogP contribution >= 0.6 is 0 Å². The van der Waals surface area contributed by atoms with Crippen LogP contribution in [-0.4, -0.2) is 32.3 Å². The summed E-state index contributed by atoms with van der Waals surface area (Å²) in [7, 11) is 1.64. The molecule has 0 bridgehead atoms. The Kier molecular flexibility index (Phi) is 5.72. The van der Waals surface area contributed by atoms with Crippen LogP contribution in [0.5, 0.6) is 11.5 Å². The zero-order chi connectivity index (χ0) is 15.1. The van der Waals surface area contributed by atoms with E-state index in [0.29, 0.717) is 12.5 Å². The van der Waals surface area contributed by atoms with Gasteiger partial charge in [0.25, 0.3) is 0 Å². The first-order valence-electron chi connectivity index (χ1n) is 7.52. The van der Waals surface area contributed by atoms with Gasteiger partial charge in [0.2, 0.25) is 0 Å². The van der Waals surface area contributed by atoms with Crippen molar-refractivity contribution >= 4 is 5.96 Å². The van der Waals surface area contributed by atoms with Crippen molar-refractivity contribution < 1.29 is 9.47 Å². The van der Waals surface area contributed by atoms with E-state index >= 15 is 0 Å². The number of rotatable bonds is 7. The minimum absolute atomic E-state index is 0.0406. The summed E-state index contributed by atoms with van der Waals surface area (Å²) in [4.78, 5) is 4.32. The van der Waals surface area contributed by atoms with Gasteiger partial charge in [-0.2, -0.15) is 0 Å². The second-order valence-electron chi connectivity index (χ2n) is 5.51. The Morgan fingerprint density at radius 1 is 1.43 bits per heavy atom. The molecular formula is C16H25N3O2. The molecule has 1 aromatic rings. The van der Waals surface area contributed by atoms with Crippen molar-refractivity contribution in [1.82, 2.24) is 5.32 Å². The monoisotopic (exact) mass is 291 g/mol. The number of nitrogens with two attached hydrogens (primary N) is 1. The number of nitrogens with zero attached hydrogens (tertiary/aromatic N) is 1. The number of aliphatic imine (C=N–C) groups is 1. The van der Waals surface area contributed by atoms with E-state index in [4.69, 9.17) is 15.2 Å². The van der Waals surface area contributed by atoms with Gasteiger partial charge in [-0.15, -0.1) is 0 Å². The Morgan fingerprint density at radius 3 is 2.86 bits per heavy atom. The summed E-state index contributed by atoms with van der Waals surface area (Å²) >= 11 is 0. The minimum Gasteiger partial charge on any atom is -0.497 e. The molecule has 1 aromatic carbocycles. The smallest absolute Gasteiger partial charge is 0.188 e. The van der Waals surface area contributed by atoms with E-state index in [9.17, 15) is 0 Å². The van der Waals surface area contributed by atoms with E-state index in [-0.39, 0.29) is 6.10 Å². The molecule has 0 amide bonds. The predicted molar refractivity (Wildman–Crippen MR) is 84.9 cm³/mol. The summed E-state index contributed by atoms with van der Waals surface area (Å²) in [6, 6.07) is 7.55. The Bertz CT molecular complexity index is 472. The normalized spacial score (nSPS) is 17.0. The van der Waals surface area contributed by atoms with Crippen molar-refractivity contribution in [1.29, 1.82) is 0 Å². The minimum atomic E-state index is -0.0406. The number of methoxy groups -OCH3 is 1. The maximum Gasteiger partial charge on any atom is 0.188 e. The van der Waals surface area contributed by atoms with Gasteiger partial charge >= 0.3 is 0 Å². The van der Waals surface area contributed by atoms with Crippen LogP contribution in [0.2, 0.25) is 0 Å². The predicted octanol–water partition coefficient (Wildman–Crippen LogP) is 2.17. The molecule has 3 N–H and O–H groups in total. The summed E-state index contributed by atoms with van der Waals surface area (Å²) in [6.07, 6.45) is 3.90. The van der Waals surface area contributed by atoms with Crippen molar-refractivity contribution in [2.45, 2.75) is 32.3 Å². The number of hydrogen-bond acceptors (Lipinski definition) is 3. The van der Waals surface area contributed by atoms with Gasteiger partial charge in [-0.1, -0.05) is 12.5 Å². The lowest BCUT2D eigenvalue weighted by Gasteiger charge is -2.25. The molecule has 0 radical (unpaired) electrons. The highest BCUT2D eigenvalue weighted by Crippen LogP contribution is 2.25. The summed E-state index contributed by atoms with van der Waals surface area (Å²) < 4.78 is 11.0. The summed E-state index contributed by atoms with van der Waals surface area (Å²) in [5.74, 6) is 2.83. The lowest BCUT2D eigenvalue weighted by Crippen LogP contribution is -2.37. The molecule has 0 aliphatic heterocycles. The number of ether oxygens (including phenoxy) is 2. The molecule has 0 aromatic heterocycles. The topological polar surface area (TPSA) is 68.9 Å². The van der Waals surface area contributed by atoms with E-state index in [1.54, 1.807) is 7.11 Å². The Morgan fingerprint density at radius 2 is 2.19 bits per heavy atom. The van der Waals surface area contributed by atoms with Crippen LogP contribution in [0, 0.1) is 5.92 Å². The Hall–Kier alpha value is -1.91. The Balaban J connectivity index is 1.73. The van der Waals surface area contributed by atoms with E-state index in [1.165, 1.54) is 19.3 Å². The third kappa shape index (κ3) is 5.17. The Labute approximate surface area is 126 Å². The number of benzene rings is 1. The lowest BCUT2D eigenvalue weighted by molar-refractivity contribution is 0.229. The first-order valence-corrected chi connectivity index (χ1v) is 7.52. The van der Waals surface area contributed by atoms with Gasteiger partial charge in [0, 0.05) is 12.6 Å². The first-order chi connectivity index (χ1) is 10.2. The number of nitrogens with one attached hydrogen (secondary N) is 1. The van der Waals surface area contributed by atoms with Crippen LogP contribution in [0.3, 0.4) is 0 Å². The molecule has 0 spiro atoms. The molecule has 21 heavy (non-hydrogen) atoms. The van der Waals surface area contributed by atoms with E-state index < -0.39 is 0 Å². The van der Waals surface area contributed by atoms with E-state index in [1.807, 2.05) is 31.2 Å². The quantitative estimate of drug-likeness (QED) is 0.597. The van der Waals surface area contributed by atoms with Crippen LogP contribution in [0.1, 0.15) is 26.2 Å². The van der Waals surface area contributed by atoms with Gasteiger partial charge in [0.05, 0.1) is 13.7 Å². The largest absolute Gasteiger partial charge is 0.497 e. The maximum atomic E-state index is 5.85. The van der Waals surface area contributed by atoms with Crippen LogP contribution in [0.15, 0.2) is 29.3 Å². The molecule has 5 nitrogen and oxygen atoms in total. The van der Waals surface area contributed by atoms with Crippen LogP contribution < -0.4 is 20.5 Å². The van der Waals surface area contributed by atoms with Gasteiger partial charge < -0.3 is 20.5 Å². The van der Waals surface area contributed by atoms with Gasteiger partial charge in [-0.25, -0.2) is 4.99 Å². The van der Waals surface area contributed by atoms with Gasteiger partial charge in [0.1, 0.15) is 17.6 Å².